The number of hydrogen-bond donors (Lipinski definition) is 1. The summed E-state index contributed by atoms with van der Waals surface area (Å²) in [4.78, 5) is 2.55. The van der Waals surface area contributed by atoms with Gasteiger partial charge in [-0.3, -0.25) is 4.90 Å². The first kappa shape index (κ1) is 22.2. The molecule has 3 aromatic rings. The fraction of sp³-hybridized carbons (Fsp3) is 0.308. The number of likely N-dealkylation sites (tertiary alicyclic amines) is 1. The van der Waals surface area contributed by atoms with Gasteiger partial charge in [-0.05, 0) is 61.3 Å². The molecule has 0 unspecified atom stereocenters. The van der Waals surface area contributed by atoms with Crippen molar-refractivity contribution >= 4 is 23.2 Å². The Balaban J connectivity index is 1.18. The van der Waals surface area contributed by atoms with Crippen molar-refractivity contribution in [1.29, 1.82) is 0 Å². The predicted molar refractivity (Wildman–Crippen MR) is 129 cm³/mol. The van der Waals surface area contributed by atoms with Crippen LogP contribution in [0.2, 0.25) is 10.0 Å². The first-order valence-corrected chi connectivity index (χ1v) is 11.6. The highest BCUT2D eigenvalue weighted by molar-refractivity contribution is 6.35. The highest BCUT2D eigenvalue weighted by Crippen LogP contribution is 2.23. The number of nitrogens with one attached hydrogen (secondary N) is 1. The van der Waals surface area contributed by atoms with Crippen molar-refractivity contribution in [3.05, 3.63) is 99.5 Å². The minimum absolute atomic E-state index is 0.426. The molecule has 162 valence electrons. The zero-order chi connectivity index (χ0) is 21.5. The molecule has 0 bridgehead atoms. The maximum atomic E-state index is 6.21. The number of halogens is 2. The number of ether oxygens (including phenoxy) is 1. The molecule has 3 nitrogen and oxygen atoms in total. The van der Waals surface area contributed by atoms with E-state index in [4.69, 9.17) is 27.9 Å². The summed E-state index contributed by atoms with van der Waals surface area (Å²) in [5.41, 5.74) is 3.59. The van der Waals surface area contributed by atoms with E-state index in [-0.39, 0.29) is 0 Å². The lowest BCUT2D eigenvalue weighted by Crippen LogP contribution is -2.41. The van der Waals surface area contributed by atoms with Crippen LogP contribution in [0.15, 0.2) is 72.8 Å². The van der Waals surface area contributed by atoms with Crippen LogP contribution in [0.1, 0.15) is 29.5 Å². The van der Waals surface area contributed by atoms with Crippen LogP contribution in [-0.4, -0.2) is 24.0 Å². The van der Waals surface area contributed by atoms with Gasteiger partial charge in [-0.25, -0.2) is 0 Å². The third-order valence-corrected chi connectivity index (χ3v) is 6.35. The second-order valence-electron chi connectivity index (χ2n) is 8.09. The smallest absolute Gasteiger partial charge is 0.119 e. The van der Waals surface area contributed by atoms with Crippen LogP contribution in [0, 0.1) is 0 Å². The Morgan fingerprint density at radius 1 is 0.871 bits per heavy atom. The monoisotopic (exact) mass is 454 g/mol. The fourth-order valence-corrected chi connectivity index (χ4v) is 4.37. The SMILES string of the molecule is Clc1ccc(COc2ccc(CNC3CCN(Cc4ccccc4)CC3)cc2)c(Cl)c1. The summed E-state index contributed by atoms with van der Waals surface area (Å²) in [6.45, 7) is 4.65. The number of benzene rings is 3. The fourth-order valence-electron chi connectivity index (χ4n) is 3.90. The van der Waals surface area contributed by atoms with E-state index < -0.39 is 0 Å². The van der Waals surface area contributed by atoms with Crippen molar-refractivity contribution in [2.45, 2.75) is 38.6 Å². The maximum absolute atomic E-state index is 6.21. The quantitative estimate of drug-likeness (QED) is 0.430. The van der Waals surface area contributed by atoms with Gasteiger partial charge in [0.05, 0.1) is 0 Å². The molecule has 1 fully saturated rings. The average Bonchev–Trinajstić information content (AvgIpc) is 2.79. The zero-order valence-electron chi connectivity index (χ0n) is 17.6. The van der Waals surface area contributed by atoms with Gasteiger partial charge in [-0.15, -0.1) is 0 Å². The van der Waals surface area contributed by atoms with Crippen LogP contribution in [0.3, 0.4) is 0 Å². The molecular weight excluding hydrogens is 427 g/mol. The molecule has 0 aliphatic carbocycles. The van der Waals surface area contributed by atoms with Crippen molar-refractivity contribution in [1.82, 2.24) is 10.2 Å². The van der Waals surface area contributed by atoms with Crippen LogP contribution in [0.4, 0.5) is 0 Å². The predicted octanol–water partition coefficient (Wildman–Crippen LogP) is 6.33. The molecule has 3 aromatic carbocycles. The molecule has 1 aliphatic rings. The van der Waals surface area contributed by atoms with Crippen molar-refractivity contribution in [3.63, 3.8) is 0 Å². The Bertz CT molecular complexity index is 955. The Kier molecular flexibility index (Phi) is 7.87. The molecule has 0 spiro atoms. The lowest BCUT2D eigenvalue weighted by Gasteiger charge is -2.32. The van der Waals surface area contributed by atoms with E-state index in [1.165, 1.54) is 24.0 Å². The minimum atomic E-state index is 0.426. The van der Waals surface area contributed by atoms with E-state index in [1.54, 1.807) is 6.07 Å². The number of hydrogen-bond acceptors (Lipinski definition) is 3. The minimum Gasteiger partial charge on any atom is -0.489 e. The first-order chi connectivity index (χ1) is 15.2. The van der Waals surface area contributed by atoms with Gasteiger partial charge in [-0.1, -0.05) is 71.7 Å². The van der Waals surface area contributed by atoms with E-state index in [1.807, 2.05) is 24.3 Å². The Hall–Kier alpha value is -2.04. The number of rotatable bonds is 8. The van der Waals surface area contributed by atoms with Gasteiger partial charge in [0.2, 0.25) is 0 Å². The van der Waals surface area contributed by atoms with Gasteiger partial charge in [-0.2, -0.15) is 0 Å². The molecule has 31 heavy (non-hydrogen) atoms. The van der Waals surface area contributed by atoms with E-state index in [9.17, 15) is 0 Å². The van der Waals surface area contributed by atoms with Crippen LogP contribution in [0.5, 0.6) is 5.75 Å². The number of nitrogens with zero attached hydrogens (tertiary/aromatic N) is 1. The van der Waals surface area contributed by atoms with Crippen molar-refractivity contribution in [2.24, 2.45) is 0 Å². The standard InChI is InChI=1S/C26H28Cl2N2O/c27-23-9-8-22(26(28)16-23)19-31-25-10-6-20(7-11-25)17-29-24-12-14-30(15-13-24)18-21-4-2-1-3-5-21/h1-11,16,24,29H,12-15,17-19H2. The molecule has 0 amide bonds. The normalized spacial score (nSPS) is 15.2. The molecule has 4 rings (SSSR count). The lowest BCUT2D eigenvalue weighted by molar-refractivity contribution is 0.190. The summed E-state index contributed by atoms with van der Waals surface area (Å²) in [5, 5.41) is 4.97. The second-order valence-corrected chi connectivity index (χ2v) is 8.93. The maximum Gasteiger partial charge on any atom is 0.119 e. The van der Waals surface area contributed by atoms with E-state index in [0.29, 0.717) is 22.7 Å². The third-order valence-electron chi connectivity index (χ3n) is 5.76. The lowest BCUT2D eigenvalue weighted by atomic mass is 10.0. The molecule has 5 heteroatoms. The highest BCUT2D eigenvalue weighted by Gasteiger charge is 2.18. The largest absolute Gasteiger partial charge is 0.489 e. The third kappa shape index (κ3) is 6.72. The van der Waals surface area contributed by atoms with E-state index >= 15 is 0 Å². The van der Waals surface area contributed by atoms with Gasteiger partial charge in [0.25, 0.3) is 0 Å². The summed E-state index contributed by atoms with van der Waals surface area (Å²) >= 11 is 12.2. The van der Waals surface area contributed by atoms with Crippen molar-refractivity contribution < 1.29 is 4.74 Å². The van der Waals surface area contributed by atoms with Gasteiger partial charge < -0.3 is 10.1 Å². The van der Waals surface area contributed by atoms with E-state index in [2.05, 4.69) is 52.7 Å². The van der Waals surface area contributed by atoms with Gasteiger partial charge in [0.15, 0.2) is 0 Å². The van der Waals surface area contributed by atoms with Gasteiger partial charge >= 0.3 is 0 Å². The summed E-state index contributed by atoms with van der Waals surface area (Å²) in [5.74, 6) is 0.837. The van der Waals surface area contributed by atoms with Crippen LogP contribution in [0.25, 0.3) is 0 Å². The summed E-state index contributed by atoms with van der Waals surface area (Å²) in [6.07, 6.45) is 2.38. The first-order valence-electron chi connectivity index (χ1n) is 10.8. The van der Waals surface area contributed by atoms with Crippen LogP contribution < -0.4 is 10.1 Å². The van der Waals surface area contributed by atoms with Gasteiger partial charge in [0.1, 0.15) is 12.4 Å². The molecule has 1 aliphatic heterocycles. The molecule has 1 N–H and O–H groups in total. The highest BCUT2D eigenvalue weighted by atomic mass is 35.5. The Morgan fingerprint density at radius 3 is 2.32 bits per heavy atom. The van der Waals surface area contributed by atoms with E-state index in [0.717, 1.165) is 37.5 Å². The average molecular weight is 455 g/mol. The summed E-state index contributed by atoms with van der Waals surface area (Å²) in [6, 6.07) is 25.1. The van der Waals surface area contributed by atoms with Crippen molar-refractivity contribution in [2.75, 3.05) is 13.1 Å². The Morgan fingerprint density at radius 2 is 1.61 bits per heavy atom. The zero-order valence-corrected chi connectivity index (χ0v) is 19.1. The van der Waals surface area contributed by atoms with Gasteiger partial charge in [0, 0.05) is 34.7 Å². The topological polar surface area (TPSA) is 24.5 Å². The van der Waals surface area contributed by atoms with Crippen LogP contribution in [-0.2, 0) is 19.7 Å². The molecule has 0 aromatic heterocycles. The molecular formula is C26H28Cl2N2O. The van der Waals surface area contributed by atoms with Crippen molar-refractivity contribution in [3.8, 4) is 5.75 Å². The van der Waals surface area contributed by atoms with Crippen LogP contribution >= 0.6 is 23.2 Å². The summed E-state index contributed by atoms with van der Waals surface area (Å²) in [7, 11) is 0. The molecule has 0 saturated carbocycles. The molecule has 0 atom stereocenters. The number of piperidine rings is 1. The molecule has 1 saturated heterocycles. The molecule has 0 radical (unpaired) electrons. The summed E-state index contributed by atoms with van der Waals surface area (Å²) < 4.78 is 5.87. The second kappa shape index (κ2) is 11.0. The molecule has 1 heterocycles. The Labute approximate surface area is 194 Å².